The summed E-state index contributed by atoms with van der Waals surface area (Å²) in [5.74, 6) is -0.757. The molecule has 0 bridgehead atoms. The first-order chi connectivity index (χ1) is 17.9. The minimum atomic E-state index is -0.449. The molecule has 0 fully saturated rings. The lowest BCUT2D eigenvalue weighted by molar-refractivity contribution is 0.255. The molecule has 0 N–H and O–H groups in total. The van der Waals surface area contributed by atoms with Crippen LogP contribution in [-0.2, 0) is 0 Å². The van der Waals surface area contributed by atoms with Crippen LogP contribution in [0.5, 0.6) is 11.5 Å². The lowest BCUT2D eigenvalue weighted by Gasteiger charge is -2.15. The molecule has 0 spiro atoms. The maximum atomic E-state index is 14.5. The summed E-state index contributed by atoms with van der Waals surface area (Å²) in [7, 11) is 0. The number of hydrogen-bond donors (Lipinski definition) is 0. The van der Waals surface area contributed by atoms with Gasteiger partial charge in [0.25, 0.3) is 0 Å². The van der Waals surface area contributed by atoms with Gasteiger partial charge in [0.05, 0.1) is 13.2 Å². The topological polar surface area (TPSA) is 18.5 Å². The molecule has 0 aliphatic heterocycles. The van der Waals surface area contributed by atoms with E-state index in [2.05, 4.69) is 6.58 Å². The van der Waals surface area contributed by atoms with Gasteiger partial charge in [0.1, 0.15) is 34.8 Å². The van der Waals surface area contributed by atoms with Crippen LogP contribution in [0.15, 0.2) is 97.6 Å². The molecule has 0 saturated heterocycles. The average Bonchev–Trinajstić information content (AvgIpc) is 2.89. The van der Waals surface area contributed by atoms with Crippen molar-refractivity contribution in [3.63, 3.8) is 0 Å². The maximum Gasteiger partial charge on any atom is 0.134 e. The maximum absolute atomic E-state index is 14.5. The van der Waals surface area contributed by atoms with E-state index in [1.54, 1.807) is 24.3 Å². The first-order valence-electron chi connectivity index (χ1n) is 11.9. The third-order valence-electron chi connectivity index (χ3n) is 6.04. The smallest absolute Gasteiger partial charge is 0.134 e. The number of halogens is 4. The van der Waals surface area contributed by atoms with Crippen LogP contribution >= 0.6 is 0 Å². The van der Waals surface area contributed by atoms with E-state index in [9.17, 15) is 17.6 Å². The van der Waals surface area contributed by atoms with Gasteiger partial charge < -0.3 is 9.47 Å². The van der Waals surface area contributed by atoms with Crippen LogP contribution < -0.4 is 9.47 Å². The molecule has 4 rings (SSSR count). The third kappa shape index (κ3) is 7.00. The zero-order valence-electron chi connectivity index (χ0n) is 20.1. The van der Waals surface area contributed by atoms with Gasteiger partial charge in [-0.05, 0) is 78.4 Å². The number of allylic oxidation sites excluding steroid dienone is 1. The first-order valence-corrected chi connectivity index (χ1v) is 11.9. The van der Waals surface area contributed by atoms with E-state index in [-0.39, 0.29) is 17.6 Å². The molecule has 0 heterocycles. The Balaban J connectivity index is 1.24. The summed E-state index contributed by atoms with van der Waals surface area (Å²) in [5.41, 5.74) is 1.91. The molecule has 0 atom stereocenters. The van der Waals surface area contributed by atoms with Crippen molar-refractivity contribution in [1.29, 1.82) is 0 Å². The van der Waals surface area contributed by atoms with E-state index in [4.69, 9.17) is 9.47 Å². The van der Waals surface area contributed by atoms with Gasteiger partial charge in [-0.2, -0.15) is 0 Å². The minimum Gasteiger partial charge on any atom is -0.493 e. The van der Waals surface area contributed by atoms with Crippen LogP contribution in [0.1, 0.15) is 12.8 Å². The van der Waals surface area contributed by atoms with E-state index in [0.29, 0.717) is 59.8 Å². The van der Waals surface area contributed by atoms with Gasteiger partial charge in [-0.15, -0.1) is 6.58 Å². The average molecular weight is 507 g/mol. The highest BCUT2D eigenvalue weighted by Gasteiger charge is 2.11. The molecule has 37 heavy (non-hydrogen) atoms. The Morgan fingerprint density at radius 3 is 1.35 bits per heavy atom. The SMILES string of the molecule is C=CC(CCOc1ccc(-c2ccc(F)cc2)c(F)c1)CCOc1ccc(-c2ccc(F)cc2)c(F)c1. The Hall–Kier alpha value is -4.06. The van der Waals surface area contributed by atoms with Crippen LogP contribution in [0.2, 0.25) is 0 Å². The second kappa shape index (κ2) is 12.3. The van der Waals surface area contributed by atoms with E-state index in [1.165, 1.54) is 60.7 Å². The van der Waals surface area contributed by atoms with Crippen molar-refractivity contribution in [3.05, 3.63) is 121 Å². The summed E-state index contributed by atoms with van der Waals surface area (Å²) in [6.07, 6.45) is 3.10. The highest BCUT2D eigenvalue weighted by molar-refractivity contribution is 5.65. The molecule has 6 heteroatoms. The summed E-state index contributed by atoms with van der Waals surface area (Å²) >= 11 is 0. The van der Waals surface area contributed by atoms with Gasteiger partial charge in [-0.1, -0.05) is 30.3 Å². The monoisotopic (exact) mass is 506 g/mol. The van der Waals surface area contributed by atoms with Gasteiger partial charge in [-0.25, -0.2) is 17.6 Å². The Morgan fingerprint density at radius 1 is 0.595 bits per heavy atom. The van der Waals surface area contributed by atoms with Crippen molar-refractivity contribution in [2.45, 2.75) is 12.8 Å². The highest BCUT2D eigenvalue weighted by atomic mass is 19.1. The number of benzene rings is 4. The van der Waals surface area contributed by atoms with Gasteiger partial charge in [-0.3, -0.25) is 0 Å². The summed E-state index contributed by atoms with van der Waals surface area (Å²) in [6, 6.07) is 20.5. The van der Waals surface area contributed by atoms with Crippen LogP contribution in [0, 0.1) is 29.2 Å². The largest absolute Gasteiger partial charge is 0.493 e. The number of rotatable bonds is 11. The molecule has 0 radical (unpaired) electrons. The zero-order valence-corrected chi connectivity index (χ0v) is 20.1. The Bertz CT molecular complexity index is 1230. The Labute approximate surface area is 213 Å². The molecule has 0 aromatic heterocycles. The standard InChI is InChI=1S/C31H26F4O2/c1-2-21(15-17-36-26-11-13-28(30(34)19-26)22-3-7-24(32)8-4-22)16-18-37-27-12-14-29(31(35)20-27)23-5-9-25(33)10-6-23/h2-14,19-21H,1,15-18H2. The predicted octanol–water partition coefficient (Wildman–Crippen LogP) is 8.62. The fourth-order valence-corrected chi connectivity index (χ4v) is 3.93. The van der Waals surface area contributed by atoms with E-state index in [1.807, 2.05) is 6.08 Å². The van der Waals surface area contributed by atoms with E-state index < -0.39 is 11.6 Å². The molecule has 0 aliphatic carbocycles. The number of ether oxygens (including phenoxy) is 2. The van der Waals surface area contributed by atoms with Crippen molar-refractivity contribution in [1.82, 2.24) is 0 Å². The molecule has 4 aromatic carbocycles. The van der Waals surface area contributed by atoms with Gasteiger partial charge in [0, 0.05) is 23.3 Å². The molecule has 0 amide bonds. The molecule has 0 unspecified atom stereocenters. The van der Waals surface area contributed by atoms with Gasteiger partial charge in [0.2, 0.25) is 0 Å². The molecule has 4 aromatic rings. The molecular weight excluding hydrogens is 480 g/mol. The second-order valence-corrected chi connectivity index (χ2v) is 8.57. The van der Waals surface area contributed by atoms with Crippen molar-refractivity contribution in [2.75, 3.05) is 13.2 Å². The minimum absolute atomic E-state index is 0.0895. The van der Waals surface area contributed by atoms with E-state index in [0.717, 1.165) is 0 Å². The summed E-state index contributed by atoms with van der Waals surface area (Å²) in [4.78, 5) is 0. The van der Waals surface area contributed by atoms with Gasteiger partial charge >= 0.3 is 0 Å². The normalized spacial score (nSPS) is 10.9. The summed E-state index contributed by atoms with van der Waals surface area (Å²) < 4.78 is 66.7. The fraction of sp³-hybridized carbons (Fsp3) is 0.161. The van der Waals surface area contributed by atoms with Crippen molar-refractivity contribution in [3.8, 4) is 33.8 Å². The van der Waals surface area contributed by atoms with Crippen LogP contribution in [0.4, 0.5) is 17.6 Å². The molecule has 0 aliphatic rings. The molecular formula is C31H26F4O2. The number of hydrogen-bond acceptors (Lipinski definition) is 2. The second-order valence-electron chi connectivity index (χ2n) is 8.57. The van der Waals surface area contributed by atoms with E-state index >= 15 is 0 Å². The van der Waals surface area contributed by atoms with Crippen molar-refractivity contribution < 1.29 is 27.0 Å². The Morgan fingerprint density at radius 2 is 1.00 bits per heavy atom. The highest BCUT2D eigenvalue weighted by Crippen LogP contribution is 2.28. The third-order valence-corrected chi connectivity index (χ3v) is 6.04. The lowest BCUT2D eigenvalue weighted by Crippen LogP contribution is -2.09. The van der Waals surface area contributed by atoms with Crippen molar-refractivity contribution >= 4 is 0 Å². The van der Waals surface area contributed by atoms with Crippen molar-refractivity contribution in [2.24, 2.45) is 5.92 Å². The predicted molar refractivity (Wildman–Crippen MR) is 137 cm³/mol. The first kappa shape index (κ1) is 26.0. The summed E-state index contributed by atoms with van der Waals surface area (Å²) in [5, 5.41) is 0. The van der Waals surface area contributed by atoms with Gasteiger partial charge in [0.15, 0.2) is 0 Å². The van der Waals surface area contributed by atoms with Crippen LogP contribution in [-0.4, -0.2) is 13.2 Å². The zero-order chi connectivity index (χ0) is 26.2. The molecule has 2 nitrogen and oxygen atoms in total. The Kier molecular flexibility index (Phi) is 8.62. The quantitative estimate of drug-likeness (QED) is 0.150. The fourth-order valence-electron chi connectivity index (χ4n) is 3.93. The van der Waals surface area contributed by atoms with Crippen LogP contribution in [0.25, 0.3) is 22.3 Å². The molecule has 0 saturated carbocycles. The molecule has 190 valence electrons. The lowest BCUT2D eigenvalue weighted by atomic mass is 10.0. The summed E-state index contributed by atoms with van der Waals surface area (Å²) in [6.45, 7) is 4.57. The van der Waals surface area contributed by atoms with Crippen LogP contribution in [0.3, 0.4) is 0 Å².